The molecule has 0 spiro atoms. The van der Waals surface area contributed by atoms with Crippen LogP contribution in [0.2, 0.25) is 0 Å². The molecule has 0 radical (unpaired) electrons. The van der Waals surface area contributed by atoms with Crippen LogP contribution in [0, 0.1) is 5.92 Å². The van der Waals surface area contributed by atoms with Crippen molar-refractivity contribution in [1.29, 1.82) is 0 Å². The van der Waals surface area contributed by atoms with Gasteiger partial charge in [0.1, 0.15) is 0 Å². The number of guanidine groups is 1. The van der Waals surface area contributed by atoms with Gasteiger partial charge in [0, 0.05) is 33.2 Å². The average Bonchev–Trinajstić information content (AvgIpc) is 2.75. The first kappa shape index (κ1) is 20.4. The van der Waals surface area contributed by atoms with Gasteiger partial charge in [0.2, 0.25) is 5.91 Å². The van der Waals surface area contributed by atoms with Gasteiger partial charge in [-0.1, -0.05) is 36.4 Å². The van der Waals surface area contributed by atoms with Gasteiger partial charge in [-0.15, -0.1) is 0 Å². The molecule has 28 heavy (non-hydrogen) atoms. The minimum atomic E-state index is -0.156. The normalized spacial score (nSPS) is 21.3. The Balaban J connectivity index is 1.41. The number of nitrogens with one attached hydrogen (secondary N) is 1. The van der Waals surface area contributed by atoms with Gasteiger partial charge in [-0.25, -0.2) is 0 Å². The van der Waals surface area contributed by atoms with Crippen molar-refractivity contribution in [3.63, 3.8) is 0 Å². The number of piperidine rings is 1. The molecule has 2 heterocycles. The lowest BCUT2D eigenvalue weighted by atomic mass is 9.97. The van der Waals surface area contributed by atoms with Crippen molar-refractivity contribution >= 4 is 17.4 Å². The Bertz CT molecular complexity index is 700. The topological polar surface area (TPSA) is 74.0 Å². The Kier molecular flexibility index (Phi) is 7.48. The number of hydrogen-bond donors (Lipinski definition) is 2. The summed E-state index contributed by atoms with van der Waals surface area (Å²) in [7, 11) is 1.85. The van der Waals surface area contributed by atoms with Crippen LogP contribution in [0.15, 0.2) is 41.4 Å². The van der Waals surface area contributed by atoms with Gasteiger partial charge in [-0.2, -0.15) is 0 Å². The van der Waals surface area contributed by atoms with Crippen LogP contribution in [0.25, 0.3) is 5.57 Å². The summed E-state index contributed by atoms with van der Waals surface area (Å²) in [6, 6.07) is 10.6. The highest BCUT2D eigenvalue weighted by atomic mass is 16.1. The average molecular weight is 384 g/mol. The Morgan fingerprint density at radius 2 is 2.11 bits per heavy atom. The molecule has 152 valence electrons. The molecule has 6 nitrogen and oxygen atoms in total. The van der Waals surface area contributed by atoms with Crippen molar-refractivity contribution < 1.29 is 4.79 Å². The summed E-state index contributed by atoms with van der Waals surface area (Å²) >= 11 is 0. The molecule has 1 atom stereocenters. The number of amides is 1. The van der Waals surface area contributed by atoms with Crippen LogP contribution in [0.3, 0.4) is 0 Å². The molecular formula is C22H33N5O. The third-order valence-corrected chi connectivity index (χ3v) is 5.71. The molecule has 1 fully saturated rings. The number of likely N-dealkylation sites (tertiary alicyclic amines) is 1. The van der Waals surface area contributed by atoms with Crippen molar-refractivity contribution in [2.45, 2.75) is 25.7 Å². The van der Waals surface area contributed by atoms with Crippen LogP contribution in [0.1, 0.15) is 31.2 Å². The van der Waals surface area contributed by atoms with Crippen molar-refractivity contribution in [2.24, 2.45) is 16.6 Å². The number of carbonyl (C=O) groups excluding carboxylic acids is 1. The summed E-state index contributed by atoms with van der Waals surface area (Å²) in [6.45, 7) is 5.62. The third-order valence-electron chi connectivity index (χ3n) is 5.71. The molecule has 0 bridgehead atoms. The maximum absolute atomic E-state index is 11.4. The van der Waals surface area contributed by atoms with Crippen LogP contribution in [0.5, 0.6) is 0 Å². The summed E-state index contributed by atoms with van der Waals surface area (Å²) in [5.41, 5.74) is 8.21. The molecule has 6 heteroatoms. The highest BCUT2D eigenvalue weighted by Crippen LogP contribution is 2.22. The number of primary amides is 1. The van der Waals surface area contributed by atoms with E-state index in [0.717, 1.165) is 70.9 Å². The molecule has 1 amide bonds. The van der Waals surface area contributed by atoms with E-state index in [0.29, 0.717) is 0 Å². The number of aliphatic imine (C=N–C) groups is 1. The lowest BCUT2D eigenvalue weighted by molar-refractivity contribution is -0.123. The molecule has 0 aliphatic carbocycles. The Hall–Kier alpha value is -2.34. The number of nitrogens with two attached hydrogens (primary N) is 1. The molecule has 2 aliphatic rings. The van der Waals surface area contributed by atoms with Crippen molar-refractivity contribution in [3.05, 3.63) is 42.0 Å². The number of rotatable bonds is 6. The van der Waals surface area contributed by atoms with Gasteiger partial charge < -0.3 is 20.9 Å². The van der Waals surface area contributed by atoms with Crippen molar-refractivity contribution in [1.82, 2.24) is 15.1 Å². The summed E-state index contributed by atoms with van der Waals surface area (Å²) in [4.78, 5) is 20.5. The number of nitrogens with zero attached hydrogens (tertiary/aromatic N) is 3. The molecular weight excluding hydrogens is 350 g/mol. The molecule has 0 aromatic heterocycles. The summed E-state index contributed by atoms with van der Waals surface area (Å²) in [5.74, 6) is 0.835. The minimum Gasteiger partial charge on any atom is -0.369 e. The van der Waals surface area contributed by atoms with Crippen LogP contribution in [0.4, 0.5) is 0 Å². The number of benzene rings is 1. The third kappa shape index (κ3) is 5.58. The van der Waals surface area contributed by atoms with Gasteiger partial charge in [0.05, 0.1) is 5.92 Å². The number of hydrogen-bond acceptors (Lipinski definition) is 3. The fraction of sp³-hybridized carbons (Fsp3) is 0.545. The van der Waals surface area contributed by atoms with Crippen LogP contribution in [-0.4, -0.2) is 68.0 Å². The Morgan fingerprint density at radius 3 is 2.79 bits per heavy atom. The lowest BCUT2D eigenvalue weighted by Gasteiger charge is -2.32. The van der Waals surface area contributed by atoms with E-state index < -0.39 is 0 Å². The molecule has 1 saturated heterocycles. The molecule has 1 aromatic rings. The van der Waals surface area contributed by atoms with E-state index in [-0.39, 0.29) is 11.8 Å². The van der Waals surface area contributed by atoms with E-state index in [4.69, 9.17) is 5.73 Å². The first-order chi connectivity index (χ1) is 13.7. The van der Waals surface area contributed by atoms with Crippen molar-refractivity contribution in [3.8, 4) is 0 Å². The van der Waals surface area contributed by atoms with E-state index in [9.17, 15) is 4.79 Å². The first-order valence-electron chi connectivity index (χ1n) is 10.4. The first-order valence-corrected chi connectivity index (χ1v) is 10.4. The Labute approximate surface area is 168 Å². The van der Waals surface area contributed by atoms with Gasteiger partial charge >= 0.3 is 0 Å². The predicted molar refractivity (Wildman–Crippen MR) is 115 cm³/mol. The van der Waals surface area contributed by atoms with Crippen molar-refractivity contribution in [2.75, 3.05) is 46.3 Å². The minimum absolute atomic E-state index is 0.0217. The molecule has 0 saturated carbocycles. The smallest absolute Gasteiger partial charge is 0.221 e. The fourth-order valence-electron chi connectivity index (χ4n) is 4.10. The van der Waals surface area contributed by atoms with E-state index in [1.165, 1.54) is 11.1 Å². The standard InChI is InChI=1S/C22H33N5O/c1-24-22(25-12-6-14-26-13-5-9-20(17-26)21(23)28)27-15-10-19(11-16-27)18-7-3-2-4-8-18/h2-4,7-8,10,20H,5-6,9,11-17H2,1H3,(H2,23,28)(H,24,25). The van der Waals surface area contributed by atoms with Crippen LogP contribution >= 0.6 is 0 Å². The summed E-state index contributed by atoms with van der Waals surface area (Å²) in [6.07, 6.45) is 6.37. The SMILES string of the molecule is CN=C(NCCCN1CCCC(C(N)=O)C1)N1CC=C(c2ccccc2)CC1. The molecule has 1 aromatic carbocycles. The van der Waals surface area contributed by atoms with E-state index in [1.807, 2.05) is 7.05 Å². The summed E-state index contributed by atoms with van der Waals surface area (Å²) < 4.78 is 0. The fourth-order valence-corrected chi connectivity index (χ4v) is 4.10. The van der Waals surface area contributed by atoms with Gasteiger partial charge in [-0.3, -0.25) is 9.79 Å². The molecule has 1 unspecified atom stereocenters. The van der Waals surface area contributed by atoms with Crippen LogP contribution in [-0.2, 0) is 4.79 Å². The monoisotopic (exact) mass is 383 g/mol. The maximum Gasteiger partial charge on any atom is 0.221 e. The molecule has 2 aliphatic heterocycles. The lowest BCUT2D eigenvalue weighted by Crippen LogP contribution is -2.45. The second-order valence-corrected chi connectivity index (χ2v) is 7.66. The zero-order valence-electron chi connectivity index (χ0n) is 16.9. The quantitative estimate of drug-likeness (QED) is 0.447. The van der Waals surface area contributed by atoms with Crippen LogP contribution < -0.4 is 11.1 Å². The second-order valence-electron chi connectivity index (χ2n) is 7.66. The zero-order valence-corrected chi connectivity index (χ0v) is 16.9. The largest absolute Gasteiger partial charge is 0.369 e. The van der Waals surface area contributed by atoms with E-state index >= 15 is 0 Å². The molecule has 3 N–H and O–H groups in total. The second kappa shape index (κ2) is 10.3. The summed E-state index contributed by atoms with van der Waals surface area (Å²) in [5, 5.41) is 3.50. The molecule has 3 rings (SSSR count). The number of carbonyl (C=O) groups is 1. The Morgan fingerprint density at radius 1 is 1.29 bits per heavy atom. The van der Waals surface area contributed by atoms with Gasteiger partial charge in [0.15, 0.2) is 5.96 Å². The predicted octanol–water partition coefficient (Wildman–Crippen LogP) is 1.94. The highest BCUT2D eigenvalue weighted by Gasteiger charge is 2.23. The van der Waals surface area contributed by atoms with E-state index in [1.54, 1.807) is 0 Å². The van der Waals surface area contributed by atoms with Gasteiger partial charge in [-0.05, 0) is 49.9 Å². The highest BCUT2D eigenvalue weighted by molar-refractivity contribution is 5.81. The maximum atomic E-state index is 11.4. The van der Waals surface area contributed by atoms with Gasteiger partial charge in [0.25, 0.3) is 0 Å². The zero-order chi connectivity index (χ0) is 19.8. The van der Waals surface area contributed by atoms with E-state index in [2.05, 4.69) is 56.5 Å².